The third-order valence-corrected chi connectivity index (χ3v) is 4.60. The molecule has 1 aromatic rings. The highest BCUT2D eigenvalue weighted by Crippen LogP contribution is 2.40. The van der Waals surface area contributed by atoms with Gasteiger partial charge in [0.05, 0.1) is 10.0 Å². The molecule has 1 saturated carbocycles. The number of rotatable bonds is 3. The normalized spacial score (nSPS) is 18.2. The molecule has 0 amide bonds. The van der Waals surface area contributed by atoms with Gasteiger partial charge in [0.2, 0.25) is 0 Å². The first-order valence-electron chi connectivity index (χ1n) is 6.28. The van der Waals surface area contributed by atoms with E-state index in [1.165, 1.54) is 37.7 Å². The molecule has 1 N–H and O–H groups in total. The van der Waals surface area contributed by atoms with Gasteiger partial charge in [-0.1, -0.05) is 48.5 Å². The van der Waals surface area contributed by atoms with Crippen LogP contribution in [0.25, 0.3) is 0 Å². The molecule has 0 aromatic heterocycles. The minimum absolute atomic E-state index is 0. The molecule has 0 heterocycles. The zero-order valence-electron chi connectivity index (χ0n) is 10.6. The van der Waals surface area contributed by atoms with E-state index in [2.05, 4.69) is 11.4 Å². The van der Waals surface area contributed by atoms with Crippen LogP contribution in [-0.2, 0) is 5.41 Å². The van der Waals surface area contributed by atoms with Crippen molar-refractivity contribution in [2.24, 2.45) is 0 Å². The highest BCUT2D eigenvalue weighted by atomic mass is 35.5. The van der Waals surface area contributed by atoms with Crippen LogP contribution in [0.5, 0.6) is 0 Å². The van der Waals surface area contributed by atoms with E-state index in [1.807, 2.05) is 19.2 Å². The zero-order chi connectivity index (χ0) is 12.3. The second-order valence-corrected chi connectivity index (χ2v) is 5.81. The van der Waals surface area contributed by atoms with E-state index in [1.54, 1.807) is 0 Å². The van der Waals surface area contributed by atoms with Crippen molar-refractivity contribution in [3.63, 3.8) is 0 Å². The minimum Gasteiger partial charge on any atom is -0.319 e. The molecule has 0 saturated heterocycles. The topological polar surface area (TPSA) is 12.0 Å². The van der Waals surface area contributed by atoms with Gasteiger partial charge in [0.1, 0.15) is 0 Å². The molecule has 0 radical (unpaired) electrons. The maximum Gasteiger partial charge on any atom is 0.0595 e. The number of hydrogen-bond donors (Lipinski definition) is 1. The lowest BCUT2D eigenvalue weighted by atomic mass is 9.69. The number of halogens is 3. The Hall–Kier alpha value is 0.0500. The predicted octanol–water partition coefficient (Wildman–Crippen LogP) is 4.84. The van der Waals surface area contributed by atoms with Gasteiger partial charge in [-0.05, 0) is 37.6 Å². The second kappa shape index (κ2) is 7.00. The fraction of sp³-hybridized carbons (Fsp3) is 0.571. The van der Waals surface area contributed by atoms with Gasteiger partial charge in [-0.15, -0.1) is 12.4 Å². The van der Waals surface area contributed by atoms with Crippen LogP contribution in [0.4, 0.5) is 0 Å². The Morgan fingerprint density at radius 1 is 1.11 bits per heavy atom. The highest BCUT2D eigenvalue weighted by Gasteiger charge is 2.33. The van der Waals surface area contributed by atoms with E-state index in [-0.39, 0.29) is 17.8 Å². The average Bonchev–Trinajstić information content (AvgIpc) is 2.34. The summed E-state index contributed by atoms with van der Waals surface area (Å²) in [6.07, 6.45) is 6.45. The maximum absolute atomic E-state index is 6.14. The van der Waals surface area contributed by atoms with Gasteiger partial charge in [-0.3, -0.25) is 0 Å². The molecule has 102 valence electrons. The molecule has 0 atom stereocenters. The van der Waals surface area contributed by atoms with Crippen molar-refractivity contribution in [3.05, 3.63) is 33.8 Å². The Labute approximate surface area is 126 Å². The number of hydrogen-bond acceptors (Lipinski definition) is 1. The fourth-order valence-corrected chi connectivity index (χ4v) is 3.26. The van der Waals surface area contributed by atoms with Crippen LogP contribution in [0.15, 0.2) is 18.2 Å². The van der Waals surface area contributed by atoms with E-state index in [0.717, 1.165) is 6.54 Å². The molecule has 1 fully saturated rings. The Morgan fingerprint density at radius 3 is 2.33 bits per heavy atom. The molecule has 18 heavy (non-hydrogen) atoms. The van der Waals surface area contributed by atoms with Crippen molar-refractivity contribution in [3.8, 4) is 0 Å². The van der Waals surface area contributed by atoms with Gasteiger partial charge in [-0.2, -0.15) is 0 Å². The largest absolute Gasteiger partial charge is 0.319 e. The molecule has 0 aliphatic heterocycles. The Balaban J connectivity index is 0.00000162. The summed E-state index contributed by atoms with van der Waals surface area (Å²) in [7, 11) is 2.02. The van der Waals surface area contributed by atoms with Crippen molar-refractivity contribution in [1.82, 2.24) is 5.32 Å². The Morgan fingerprint density at radius 2 is 1.78 bits per heavy atom. The smallest absolute Gasteiger partial charge is 0.0595 e. The van der Waals surface area contributed by atoms with Crippen LogP contribution >= 0.6 is 35.6 Å². The first-order valence-corrected chi connectivity index (χ1v) is 7.04. The summed E-state index contributed by atoms with van der Waals surface area (Å²) in [5, 5.41) is 4.65. The van der Waals surface area contributed by atoms with E-state index in [9.17, 15) is 0 Å². The van der Waals surface area contributed by atoms with Crippen molar-refractivity contribution < 1.29 is 0 Å². The first-order chi connectivity index (χ1) is 8.18. The van der Waals surface area contributed by atoms with Crippen molar-refractivity contribution >= 4 is 35.6 Å². The Bertz CT molecular complexity index is 381. The van der Waals surface area contributed by atoms with Crippen LogP contribution in [0.3, 0.4) is 0 Å². The van der Waals surface area contributed by atoms with Gasteiger partial charge in [0.25, 0.3) is 0 Å². The van der Waals surface area contributed by atoms with Gasteiger partial charge in [-0.25, -0.2) is 0 Å². The molecule has 2 rings (SSSR count). The third kappa shape index (κ3) is 3.33. The molecular weight excluding hydrogens is 289 g/mol. The molecular formula is C14H20Cl3N. The van der Waals surface area contributed by atoms with Gasteiger partial charge < -0.3 is 5.32 Å². The first kappa shape index (κ1) is 16.1. The summed E-state index contributed by atoms with van der Waals surface area (Å²) < 4.78 is 0. The summed E-state index contributed by atoms with van der Waals surface area (Å²) >= 11 is 12.1. The number of likely N-dealkylation sites (N-methyl/N-ethyl adjacent to an activating group) is 1. The van der Waals surface area contributed by atoms with Crippen LogP contribution in [-0.4, -0.2) is 13.6 Å². The van der Waals surface area contributed by atoms with E-state index < -0.39 is 0 Å². The summed E-state index contributed by atoms with van der Waals surface area (Å²) in [4.78, 5) is 0. The third-order valence-electron chi connectivity index (χ3n) is 3.86. The van der Waals surface area contributed by atoms with Crippen LogP contribution < -0.4 is 5.32 Å². The SMILES string of the molecule is CNCC1(c2ccc(Cl)c(Cl)c2)CCCCC1.Cl. The summed E-state index contributed by atoms with van der Waals surface area (Å²) in [6.45, 7) is 1.02. The van der Waals surface area contributed by atoms with Crippen LogP contribution in [0.2, 0.25) is 10.0 Å². The minimum atomic E-state index is 0. The molecule has 1 nitrogen and oxygen atoms in total. The molecule has 0 spiro atoms. The van der Waals surface area contributed by atoms with Crippen molar-refractivity contribution in [1.29, 1.82) is 0 Å². The lowest BCUT2D eigenvalue weighted by Crippen LogP contribution is -2.38. The van der Waals surface area contributed by atoms with Crippen LogP contribution in [0.1, 0.15) is 37.7 Å². The quantitative estimate of drug-likeness (QED) is 0.843. The van der Waals surface area contributed by atoms with Gasteiger partial charge in [0.15, 0.2) is 0 Å². The lowest BCUT2D eigenvalue weighted by Gasteiger charge is -2.38. The van der Waals surface area contributed by atoms with Crippen molar-refractivity contribution in [2.45, 2.75) is 37.5 Å². The Kier molecular flexibility index (Phi) is 6.26. The molecule has 0 bridgehead atoms. The predicted molar refractivity (Wildman–Crippen MR) is 82.4 cm³/mol. The standard InChI is InChI=1S/C14H19Cl2N.ClH/c1-17-10-14(7-3-2-4-8-14)11-5-6-12(15)13(16)9-11;/h5-6,9,17H,2-4,7-8,10H2,1H3;1H. The summed E-state index contributed by atoms with van der Waals surface area (Å²) in [5.41, 5.74) is 1.59. The summed E-state index contributed by atoms with van der Waals surface area (Å²) in [5.74, 6) is 0. The molecule has 1 aromatic carbocycles. The summed E-state index contributed by atoms with van der Waals surface area (Å²) in [6, 6.07) is 6.11. The van der Waals surface area contributed by atoms with E-state index in [4.69, 9.17) is 23.2 Å². The maximum atomic E-state index is 6.14. The second-order valence-electron chi connectivity index (χ2n) is 5.00. The number of benzene rings is 1. The van der Waals surface area contributed by atoms with E-state index in [0.29, 0.717) is 10.0 Å². The lowest BCUT2D eigenvalue weighted by molar-refractivity contribution is 0.286. The van der Waals surface area contributed by atoms with Crippen LogP contribution in [0, 0.1) is 0 Å². The van der Waals surface area contributed by atoms with Crippen molar-refractivity contribution in [2.75, 3.05) is 13.6 Å². The van der Waals surface area contributed by atoms with E-state index >= 15 is 0 Å². The average molecular weight is 309 g/mol. The zero-order valence-corrected chi connectivity index (χ0v) is 13.0. The number of nitrogens with one attached hydrogen (secondary N) is 1. The molecule has 0 unspecified atom stereocenters. The monoisotopic (exact) mass is 307 g/mol. The fourth-order valence-electron chi connectivity index (χ4n) is 2.96. The molecule has 1 aliphatic carbocycles. The highest BCUT2D eigenvalue weighted by molar-refractivity contribution is 6.42. The van der Waals surface area contributed by atoms with Gasteiger partial charge >= 0.3 is 0 Å². The van der Waals surface area contributed by atoms with Gasteiger partial charge in [0, 0.05) is 12.0 Å². The molecule has 1 aliphatic rings. The molecule has 4 heteroatoms.